The zero-order valence-electron chi connectivity index (χ0n) is 19.4. The molecule has 1 saturated heterocycles. The summed E-state index contributed by atoms with van der Waals surface area (Å²) in [5, 5.41) is 0. The summed E-state index contributed by atoms with van der Waals surface area (Å²) in [5.41, 5.74) is 2.10. The first-order valence-electron chi connectivity index (χ1n) is 11.6. The molecule has 176 valence electrons. The third kappa shape index (κ3) is 5.99. The van der Waals surface area contributed by atoms with E-state index in [4.69, 9.17) is 18.9 Å². The topological polar surface area (TPSA) is 60.5 Å². The van der Waals surface area contributed by atoms with Gasteiger partial charge in [0.15, 0.2) is 23.0 Å². The highest BCUT2D eigenvalue weighted by atomic mass is 16.7. The first kappa shape index (κ1) is 23.0. The Morgan fingerprint density at radius 3 is 2.58 bits per heavy atom. The molecule has 0 atom stereocenters. The Morgan fingerprint density at radius 1 is 0.970 bits per heavy atom. The highest BCUT2D eigenvalue weighted by molar-refractivity contribution is 5.92. The number of piperazine rings is 1. The zero-order chi connectivity index (χ0) is 23.0. The maximum Gasteiger partial charge on any atom is 0.246 e. The van der Waals surface area contributed by atoms with Crippen LogP contribution in [-0.2, 0) is 11.3 Å². The van der Waals surface area contributed by atoms with Crippen LogP contribution in [0.5, 0.6) is 23.0 Å². The third-order valence-corrected chi connectivity index (χ3v) is 5.67. The highest BCUT2D eigenvalue weighted by Crippen LogP contribution is 2.33. The molecule has 0 spiro atoms. The lowest BCUT2D eigenvalue weighted by atomic mass is 10.1. The Morgan fingerprint density at radius 2 is 1.79 bits per heavy atom. The zero-order valence-corrected chi connectivity index (χ0v) is 19.4. The van der Waals surface area contributed by atoms with Crippen molar-refractivity contribution in [1.29, 1.82) is 0 Å². The summed E-state index contributed by atoms with van der Waals surface area (Å²) in [6.07, 6.45) is 4.42. The molecule has 1 amide bonds. The van der Waals surface area contributed by atoms with Gasteiger partial charge in [0.05, 0.1) is 13.2 Å². The van der Waals surface area contributed by atoms with E-state index in [1.54, 1.807) is 6.08 Å². The first-order valence-corrected chi connectivity index (χ1v) is 11.6. The average Bonchev–Trinajstić information content (AvgIpc) is 3.30. The summed E-state index contributed by atoms with van der Waals surface area (Å²) < 4.78 is 22.3. The molecule has 0 bridgehead atoms. The lowest BCUT2D eigenvalue weighted by molar-refractivity contribution is -0.127. The number of ether oxygens (including phenoxy) is 4. The van der Waals surface area contributed by atoms with Crippen molar-refractivity contribution in [3.8, 4) is 23.0 Å². The minimum absolute atomic E-state index is 0.0296. The quantitative estimate of drug-likeness (QED) is 0.537. The second kappa shape index (κ2) is 11.1. The van der Waals surface area contributed by atoms with Crippen LogP contribution in [0.2, 0.25) is 0 Å². The molecule has 2 aromatic rings. The lowest BCUT2D eigenvalue weighted by Crippen LogP contribution is -2.47. The molecule has 2 aromatic carbocycles. The molecular weight excluding hydrogens is 420 g/mol. The number of amides is 1. The Hall–Kier alpha value is -3.19. The Balaban J connectivity index is 1.29. The Kier molecular flexibility index (Phi) is 7.73. The van der Waals surface area contributed by atoms with E-state index >= 15 is 0 Å². The normalized spacial score (nSPS) is 15.8. The molecule has 1 fully saturated rings. The summed E-state index contributed by atoms with van der Waals surface area (Å²) in [4.78, 5) is 17.0. The largest absolute Gasteiger partial charge is 0.490 e. The van der Waals surface area contributed by atoms with Gasteiger partial charge in [0.2, 0.25) is 12.7 Å². The summed E-state index contributed by atoms with van der Waals surface area (Å²) in [6, 6.07) is 11.8. The molecule has 7 nitrogen and oxygen atoms in total. The number of nitrogens with zero attached hydrogens (tertiary/aromatic N) is 2. The summed E-state index contributed by atoms with van der Waals surface area (Å²) >= 11 is 0. The van der Waals surface area contributed by atoms with E-state index < -0.39 is 0 Å². The molecule has 2 aliphatic rings. The second-order valence-electron chi connectivity index (χ2n) is 8.11. The Labute approximate surface area is 195 Å². The van der Waals surface area contributed by atoms with Crippen LogP contribution >= 0.6 is 0 Å². The van der Waals surface area contributed by atoms with Gasteiger partial charge < -0.3 is 23.8 Å². The third-order valence-electron chi connectivity index (χ3n) is 5.67. The lowest BCUT2D eigenvalue weighted by Gasteiger charge is -2.34. The average molecular weight is 453 g/mol. The van der Waals surface area contributed by atoms with E-state index in [0.29, 0.717) is 32.1 Å². The highest BCUT2D eigenvalue weighted by Gasteiger charge is 2.21. The van der Waals surface area contributed by atoms with E-state index in [1.165, 1.54) is 5.56 Å². The van der Waals surface area contributed by atoms with Gasteiger partial charge in [-0.05, 0) is 54.8 Å². The SMILES string of the molecule is CCCOc1ccc(/C=C/C(=O)N2CCN(Cc3ccc4c(c3)OCO4)CC2)cc1OCC. The van der Waals surface area contributed by atoms with Crippen molar-refractivity contribution in [2.24, 2.45) is 0 Å². The Bertz CT molecular complexity index is 983. The number of fused-ring (bicyclic) bond motifs is 1. The van der Waals surface area contributed by atoms with Gasteiger partial charge in [0.25, 0.3) is 0 Å². The number of benzene rings is 2. The van der Waals surface area contributed by atoms with Gasteiger partial charge in [-0.15, -0.1) is 0 Å². The molecule has 0 aliphatic carbocycles. The molecule has 0 unspecified atom stereocenters. The van der Waals surface area contributed by atoms with Gasteiger partial charge in [-0.2, -0.15) is 0 Å². The van der Waals surface area contributed by atoms with Crippen LogP contribution in [0.3, 0.4) is 0 Å². The van der Waals surface area contributed by atoms with Gasteiger partial charge >= 0.3 is 0 Å². The molecule has 2 heterocycles. The molecule has 0 N–H and O–H groups in total. The summed E-state index contributed by atoms with van der Waals surface area (Å²) in [7, 11) is 0. The fraction of sp³-hybridized carbons (Fsp3) is 0.423. The minimum Gasteiger partial charge on any atom is -0.490 e. The molecular formula is C26H32N2O5. The van der Waals surface area contributed by atoms with Crippen molar-refractivity contribution in [2.75, 3.05) is 46.2 Å². The minimum atomic E-state index is 0.0296. The number of rotatable bonds is 9. The molecule has 2 aliphatic heterocycles. The van der Waals surface area contributed by atoms with Crippen molar-refractivity contribution in [3.05, 3.63) is 53.6 Å². The van der Waals surface area contributed by atoms with Crippen LogP contribution in [0.25, 0.3) is 6.08 Å². The molecule has 0 radical (unpaired) electrons. The van der Waals surface area contributed by atoms with Crippen molar-refractivity contribution >= 4 is 12.0 Å². The molecule has 4 rings (SSSR count). The second-order valence-corrected chi connectivity index (χ2v) is 8.11. The van der Waals surface area contributed by atoms with Gasteiger partial charge in [-0.25, -0.2) is 0 Å². The smallest absolute Gasteiger partial charge is 0.246 e. The molecule has 0 aromatic heterocycles. The number of hydrogen-bond donors (Lipinski definition) is 0. The molecule has 0 saturated carbocycles. The van der Waals surface area contributed by atoms with E-state index in [0.717, 1.165) is 48.9 Å². The number of hydrogen-bond acceptors (Lipinski definition) is 6. The predicted molar refractivity (Wildman–Crippen MR) is 127 cm³/mol. The van der Waals surface area contributed by atoms with Gasteiger partial charge in [0, 0.05) is 38.8 Å². The summed E-state index contributed by atoms with van der Waals surface area (Å²) in [6.45, 7) is 9.45. The van der Waals surface area contributed by atoms with E-state index in [1.807, 2.05) is 48.2 Å². The molecule has 33 heavy (non-hydrogen) atoms. The van der Waals surface area contributed by atoms with Crippen LogP contribution in [0.1, 0.15) is 31.4 Å². The van der Waals surface area contributed by atoms with Crippen LogP contribution in [0.4, 0.5) is 0 Å². The van der Waals surface area contributed by atoms with E-state index in [-0.39, 0.29) is 12.7 Å². The standard InChI is InChI=1S/C26H32N2O5/c1-3-15-31-22-8-5-20(16-24(22)30-4-2)7-10-26(29)28-13-11-27(12-14-28)18-21-6-9-23-25(17-21)33-19-32-23/h5-10,16-17H,3-4,11-15,18-19H2,1-2H3/b10-7+. The first-order chi connectivity index (χ1) is 16.2. The van der Waals surface area contributed by atoms with Crippen molar-refractivity contribution < 1.29 is 23.7 Å². The van der Waals surface area contributed by atoms with Crippen molar-refractivity contribution in [1.82, 2.24) is 9.80 Å². The maximum atomic E-state index is 12.7. The molecule has 7 heteroatoms. The van der Waals surface area contributed by atoms with Crippen molar-refractivity contribution in [2.45, 2.75) is 26.8 Å². The van der Waals surface area contributed by atoms with Crippen molar-refractivity contribution in [3.63, 3.8) is 0 Å². The predicted octanol–water partition coefficient (Wildman–Crippen LogP) is 3.96. The number of carbonyl (C=O) groups excluding carboxylic acids is 1. The monoisotopic (exact) mass is 452 g/mol. The van der Waals surface area contributed by atoms with E-state index in [2.05, 4.69) is 17.9 Å². The van der Waals surface area contributed by atoms with Gasteiger partial charge in [0.1, 0.15) is 0 Å². The van der Waals surface area contributed by atoms with Crippen LogP contribution in [0.15, 0.2) is 42.5 Å². The van der Waals surface area contributed by atoms with Gasteiger partial charge in [-0.3, -0.25) is 9.69 Å². The fourth-order valence-electron chi connectivity index (χ4n) is 3.92. The maximum absolute atomic E-state index is 12.7. The van der Waals surface area contributed by atoms with Crippen LogP contribution in [0, 0.1) is 0 Å². The van der Waals surface area contributed by atoms with Gasteiger partial charge in [-0.1, -0.05) is 19.1 Å². The van der Waals surface area contributed by atoms with Crippen LogP contribution in [-0.4, -0.2) is 61.9 Å². The van der Waals surface area contributed by atoms with E-state index in [9.17, 15) is 4.79 Å². The number of carbonyl (C=O) groups is 1. The summed E-state index contributed by atoms with van der Waals surface area (Å²) in [5.74, 6) is 3.08. The van der Waals surface area contributed by atoms with Crippen LogP contribution < -0.4 is 18.9 Å². The fourth-order valence-corrected chi connectivity index (χ4v) is 3.92.